The largest absolute Gasteiger partial charge is 0.342 e. The molecule has 0 aliphatic carbocycles. The van der Waals surface area contributed by atoms with Crippen LogP contribution in [0.5, 0.6) is 0 Å². The average molecular weight is 380 g/mol. The number of hydrogen-bond donors (Lipinski definition) is 0. The summed E-state index contributed by atoms with van der Waals surface area (Å²) < 4.78 is 3.90. The van der Waals surface area contributed by atoms with Gasteiger partial charge in [0.15, 0.2) is 5.65 Å². The van der Waals surface area contributed by atoms with E-state index in [-0.39, 0.29) is 11.8 Å². The van der Waals surface area contributed by atoms with Gasteiger partial charge in [-0.05, 0) is 38.8 Å². The zero-order chi connectivity index (χ0) is 19.8. The van der Waals surface area contributed by atoms with Gasteiger partial charge < -0.3 is 9.47 Å². The van der Waals surface area contributed by atoms with Crippen LogP contribution in [-0.4, -0.2) is 48.2 Å². The SMILES string of the molecule is Cc1nn(C)c2nc(C3CCN(C(=O)[C@@H](C)Cn4ccnc4C)CC3)ccc12. The molecule has 0 saturated carbocycles. The van der Waals surface area contributed by atoms with Gasteiger partial charge in [0, 0.05) is 56.1 Å². The molecule has 7 nitrogen and oxygen atoms in total. The van der Waals surface area contributed by atoms with E-state index in [1.165, 1.54) is 0 Å². The molecular formula is C21H28N6O. The lowest BCUT2D eigenvalue weighted by Gasteiger charge is -2.33. The van der Waals surface area contributed by atoms with Gasteiger partial charge in [0.1, 0.15) is 5.82 Å². The third kappa shape index (κ3) is 3.41. The van der Waals surface area contributed by atoms with Crippen molar-refractivity contribution in [2.24, 2.45) is 13.0 Å². The summed E-state index contributed by atoms with van der Waals surface area (Å²) in [6.07, 6.45) is 5.63. The number of nitrogens with zero attached hydrogens (tertiary/aromatic N) is 6. The topological polar surface area (TPSA) is 68.8 Å². The van der Waals surface area contributed by atoms with Crippen LogP contribution in [-0.2, 0) is 18.4 Å². The van der Waals surface area contributed by atoms with Gasteiger partial charge in [-0.25, -0.2) is 9.97 Å². The Balaban J connectivity index is 1.39. The van der Waals surface area contributed by atoms with Crippen LogP contribution in [0, 0.1) is 19.8 Å². The summed E-state index contributed by atoms with van der Waals surface area (Å²) in [6, 6.07) is 4.26. The second kappa shape index (κ2) is 7.37. The number of pyridine rings is 1. The third-order valence-electron chi connectivity index (χ3n) is 5.93. The minimum absolute atomic E-state index is 0.0451. The van der Waals surface area contributed by atoms with Gasteiger partial charge in [0.2, 0.25) is 5.91 Å². The average Bonchev–Trinajstić information content (AvgIpc) is 3.23. The molecule has 1 amide bonds. The van der Waals surface area contributed by atoms with Crippen LogP contribution in [0.25, 0.3) is 11.0 Å². The molecule has 0 unspecified atom stereocenters. The molecule has 0 spiro atoms. The van der Waals surface area contributed by atoms with E-state index in [0.29, 0.717) is 12.5 Å². The number of fused-ring (bicyclic) bond motifs is 1. The van der Waals surface area contributed by atoms with E-state index in [2.05, 4.69) is 22.2 Å². The van der Waals surface area contributed by atoms with E-state index >= 15 is 0 Å². The van der Waals surface area contributed by atoms with E-state index in [9.17, 15) is 4.79 Å². The van der Waals surface area contributed by atoms with Crippen molar-refractivity contribution in [1.29, 1.82) is 0 Å². The lowest BCUT2D eigenvalue weighted by atomic mass is 9.92. The molecule has 1 saturated heterocycles. The molecule has 0 N–H and O–H groups in total. The summed E-state index contributed by atoms with van der Waals surface area (Å²) in [4.78, 5) is 24.0. The summed E-state index contributed by atoms with van der Waals surface area (Å²) >= 11 is 0. The minimum atomic E-state index is -0.0451. The summed E-state index contributed by atoms with van der Waals surface area (Å²) in [7, 11) is 1.94. The highest BCUT2D eigenvalue weighted by atomic mass is 16.2. The second-order valence-corrected chi connectivity index (χ2v) is 7.94. The molecule has 4 rings (SSSR count). The van der Waals surface area contributed by atoms with Gasteiger partial charge >= 0.3 is 0 Å². The van der Waals surface area contributed by atoms with Crippen molar-refractivity contribution in [3.8, 4) is 0 Å². The van der Waals surface area contributed by atoms with E-state index < -0.39 is 0 Å². The fraction of sp³-hybridized carbons (Fsp3) is 0.524. The molecule has 1 aliphatic rings. The van der Waals surface area contributed by atoms with Crippen molar-refractivity contribution in [3.05, 3.63) is 41.7 Å². The van der Waals surface area contributed by atoms with E-state index in [1.54, 1.807) is 6.20 Å². The number of carbonyl (C=O) groups excluding carboxylic acids is 1. The number of imidazole rings is 1. The maximum atomic E-state index is 12.9. The Labute approximate surface area is 165 Å². The van der Waals surface area contributed by atoms with Gasteiger partial charge in [-0.2, -0.15) is 5.10 Å². The second-order valence-electron chi connectivity index (χ2n) is 7.94. The maximum absolute atomic E-state index is 12.9. The quantitative estimate of drug-likeness (QED) is 0.698. The molecular weight excluding hydrogens is 352 g/mol. The fourth-order valence-electron chi connectivity index (χ4n) is 4.22. The molecule has 0 radical (unpaired) electrons. The first-order valence-corrected chi connectivity index (χ1v) is 10.0. The first-order chi connectivity index (χ1) is 13.4. The Morgan fingerprint density at radius 2 is 2.00 bits per heavy atom. The third-order valence-corrected chi connectivity index (χ3v) is 5.93. The smallest absolute Gasteiger partial charge is 0.227 e. The Kier molecular flexibility index (Phi) is 4.91. The minimum Gasteiger partial charge on any atom is -0.342 e. The van der Waals surface area contributed by atoms with E-state index in [4.69, 9.17) is 4.98 Å². The van der Waals surface area contributed by atoms with Gasteiger partial charge in [-0.1, -0.05) is 6.92 Å². The monoisotopic (exact) mass is 380 g/mol. The number of rotatable bonds is 4. The van der Waals surface area contributed by atoms with Crippen molar-refractivity contribution in [2.45, 2.75) is 46.1 Å². The summed E-state index contributed by atoms with van der Waals surface area (Å²) in [5, 5.41) is 5.58. The van der Waals surface area contributed by atoms with E-state index in [0.717, 1.165) is 54.2 Å². The van der Waals surface area contributed by atoms with Crippen molar-refractivity contribution in [3.63, 3.8) is 0 Å². The van der Waals surface area contributed by atoms with Gasteiger partial charge in [0.25, 0.3) is 0 Å². The van der Waals surface area contributed by atoms with Crippen LogP contribution in [0.4, 0.5) is 0 Å². The molecule has 0 aromatic carbocycles. The highest BCUT2D eigenvalue weighted by Gasteiger charge is 2.28. The highest BCUT2D eigenvalue weighted by Crippen LogP contribution is 2.29. The molecule has 4 heterocycles. The molecule has 3 aromatic rings. The Morgan fingerprint density at radius 1 is 1.25 bits per heavy atom. The Morgan fingerprint density at radius 3 is 2.68 bits per heavy atom. The zero-order valence-electron chi connectivity index (χ0n) is 17.1. The highest BCUT2D eigenvalue weighted by molar-refractivity contribution is 5.79. The molecule has 0 bridgehead atoms. The Hall–Kier alpha value is -2.70. The van der Waals surface area contributed by atoms with Crippen molar-refractivity contribution in [2.75, 3.05) is 13.1 Å². The Bertz CT molecular complexity index is 996. The summed E-state index contributed by atoms with van der Waals surface area (Å²) in [5.41, 5.74) is 3.07. The van der Waals surface area contributed by atoms with Crippen molar-refractivity contribution >= 4 is 16.9 Å². The fourth-order valence-corrected chi connectivity index (χ4v) is 4.22. The van der Waals surface area contributed by atoms with E-state index in [1.807, 2.05) is 48.2 Å². The molecule has 1 atom stereocenters. The van der Waals surface area contributed by atoms with Gasteiger partial charge in [-0.15, -0.1) is 0 Å². The molecule has 28 heavy (non-hydrogen) atoms. The maximum Gasteiger partial charge on any atom is 0.227 e. The standard InChI is InChI=1S/C21H28N6O/c1-14(13-27-12-9-22-16(27)3)21(28)26-10-7-17(8-11-26)19-6-5-18-15(2)24-25(4)20(18)23-19/h5-6,9,12,14,17H,7-8,10-11,13H2,1-4H3/t14-/m0/s1. The predicted octanol–water partition coefficient (Wildman–Crippen LogP) is 2.82. The first-order valence-electron chi connectivity index (χ1n) is 10.0. The van der Waals surface area contributed by atoms with Crippen LogP contribution in [0.3, 0.4) is 0 Å². The summed E-state index contributed by atoms with van der Waals surface area (Å²) in [6.45, 7) is 8.26. The number of aromatic nitrogens is 5. The number of hydrogen-bond acceptors (Lipinski definition) is 4. The van der Waals surface area contributed by atoms with Crippen molar-refractivity contribution in [1.82, 2.24) is 29.2 Å². The zero-order valence-corrected chi connectivity index (χ0v) is 17.1. The first kappa shape index (κ1) is 18.7. The molecule has 1 aliphatic heterocycles. The lowest BCUT2D eigenvalue weighted by Crippen LogP contribution is -2.41. The molecule has 1 fully saturated rings. The molecule has 148 valence electrons. The van der Waals surface area contributed by atoms with Crippen LogP contribution in [0.15, 0.2) is 24.5 Å². The number of likely N-dealkylation sites (tertiary alicyclic amines) is 1. The van der Waals surface area contributed by atoms with Crippen molar-refractivity contribution < 1.29 is 4.79 Å². The predicted molar refractivity (Wildman–Crippen MR) is 108 cm³/mol. The lowest BCUT2D eigenvalue weighted by molar-refractivity contribution is -0.136. The van der Waals surface area contributed by atoms with Gasteiger partial charge in [0.05, 0.1) is 11.6 Å². The summed E-state index contributed by atoms with van der Waals surface area (Å²) in [5.74, 6) is 1.54. The number of aryl methyl sites for hydroxylation is 3. The molecule has 3 aromatic heterocycles. The number of carbonyl (C=O) groups is 1. The number of piperidine rings is 1. The van der Waals surface area contributed by atoms with Crippen LogP contribution in [0.2, 0.25) is 0 Å². The molecule has 7 heteroatoms. The normalized spacial score (nSPS) is 16.6. The van der Waals surface area contributed by atoms with Crippen LogP contribution >= 0.6 is 0 Å². The van der Waals surface area contributed by atoms with Crippen LogP contribution in [0.1, 0.15) is 42.9 Å². The number of amides is 1. The van der Waals surface area contributed by atoms with Gasteiger partial charge in [-0.3, -0.25) is 9.48 Å². The van der Waals surface area contributed by atoms with Crippen LogP contribution < -0.4 is 0 Å².